The normalized spacial score (nSPS) is 10.1. The maximum Gasteiger partial charge on any atom is 0.252 e. The van der Waals surface area contributed by atoms with Crippen molar-refractivity contribution < 1.29 is 19.8 Å². The molecule has 2 aromatic carbocycles. The van der Waals surface area contributed by atoms with Crippen molar-refractivity contribution in [2.24, 2.45) is 0 Å². The Hall–Kier alpha value is -2.67. The van der Waals surface area contributed by atoms with E-state index in [2.05, 4.69) is 23.3 Å². The highest BCUT2D eigenvalue weighted by molar-refractivity contribution is 7.80. The monoisotopic (exact) mass is 332 g/mol. The third-order valence-electron chi connectivity index (χ3n) is 3.01. The van der Waals surface area contributed by atoms with E-state index in [0.717, 1.165) is 6.07 Å². The predicted octanol–water partition coefficient (Wildman–Crippen LogP) is 1.55. The summed E-state index contributed by atoms with van der Waals surface area (Å²) < 4.78 is 0. The second-order valence-corrected chi connectivity index (χ2v) is 5.25. The van der Waals surface area contributed by atoms with Gasteiger partial charge >= 0.3 is 0 Å². The number of carbonyl (C=O) groups is 2. The summed E-state index contributed by atoms with van der Waals surface area (Å²) in [5.41, 5.74) is 0.592. The first kappa shape index (κ1) is 16.7. The van der Waals surface area contributed by atoms with Gasteiger partial charge in [-0.3, -0.25) is 9.59 Å². The molecule has 23 heavy (non-hydrogen) atoms. The fourth-order valence-corrected chi connectivity index (χ4v) is 2.20. The topological polar surface area (TPSA) is 98.7 Å². The summed E-state index contributed by atoms with van der Waals surface area (Å²) >= 11 is 4.20. The van der Waals surface area contributed by atoms with Crippen molar-refractivity contribution >= 4 is 24.4 Å². The van der Waals surface area contributed by atoms with Crippen LogP contribution < -0.4 is 10.6 Å². The van der Waals surface area contributed by atoms with E-state index in [4.69, 9.17) is 0 Å². The Bertz CT molecular complexity index is 714. The molecule has 0 radical (unpaired) electrons. The number of carbonyl (C=O) groups excluding carboxylic acids is 2. The largest absolute Gasteiger partial charge is 0.508 e. The van der Waals surface area contributed by atoms with Crippen molar-refractivity contribution in [1.29, 1.82) is 0 Å². The van der Waals surface area contributed by atoms with Gasteiger partial charge in [0.25, 0.3) is 11.8 Å². The van der Waals surface area contributed by atoms with E-state index in [9.17, 15) is 19.8 Å². The number of amides is 2. The number of rotatable bonds is 5. The quantitative estimate of drug-likeness (QED) is 0.424. The fraction of sp³-hybridized carbons (Fsp3) is 0.125. The molecular weight excluding hydrogens is 316 g/mol. The summed E-state index contributed by atoms with van der Waals surface area (Å²) in [5, 5.41) is 23.9. The van der Waals surface area contributed by atoms with Crippen LogP contribution in [0.4, 0.5) is 0 Å². The van der Waals surface area contributed by atoms with E-state index < -0.39 is 5.91 Å². The molecule has 0 aromatic heterocycles. The molecule has 0 atom stereocenters. The Morgan fingerprint density at radius 2 is 1.48 bits per heavy atom. The van der Waals surface area contributed by atoms with Crippen molar-refractivity contribution in [1.82, 2.24) is 10.6 Å². The molecule has 2 amide bonds. The molecule has 4 N–H and O–H groups in total. The minimum Gasteiger partial charge on any atom is -0.508 e. The number of hydrogen-bond donors (Lipinski definition) is 5. The van der Waals surface area contributed by atoms with E-state index in [1.165, 1.54) is 12.1 Å². The molecule has 7 heteroatoms. The SMILES string of the molecule is O=C(NCCNC(=O)c1ccccc1S)c1cc(O)cc(O)c1. The maximum atomic E-state index is 11.9. The van der Waals surface area contributed by atoms with Gasteiger partial charge in [0, 0.05) is 29.6 Å². The number of hydrogen-bond acceptors (Lipinski definition) is 5. The minimum absolute atomic E-state index is 0.134. The summed E-state index contributed by atoms with van der Waals surface area (Å²) in [5.74, 6) is -1.14. The lowest BCUT2D eigenvalue weighted by molar-refractivity contribution is 0.0926. The van der Waals surface area contributed by atoms with Gasteiger partial charge in [-0.15, -0.1) is 12.6 Å². The van der Waals surface area contributed by atoms with Crippen molar-refractivity contribution in [3.05, 3.63) is 53.6 Å². The van der Waals surface area contributed by atoms with Crippen LogP contribution in [-0.4, -0.2) is 35.1 Å². The summed E-state index contributed by atoms with van der Waals surface area (Å²) in [6.45, 7) is 0.438. The van der Waals surface area contributed by atoms with Crippen LogP contribution in [0.25, 0.3) is 0 Å². The van der Waals surface area contributed by atoms with Gasteiger partial charge in [0.05, 0.1) is 5.56 Å². The standard InChI is InChI=1S/C16H16N2O4S/c19-11-7-10(8-12(20)9-11)15(21)17-5-6-18-16(22)13-3-1-2-4-14(13)23/h1-4,7-9,19-20,23H,5-6H2,(H,17,21)(H,18,22). The van der Waals surface area contributed by atoms with Crippen LogP contribution in [0.2, 0.25) is 0 Å². The lowest BCUT2D eigenvalue weighted by atomic mass is 10.2. The molecule has 2 aromatic rings. The number of thiol groups is 1. The minimum atomic E-state index is -0.458. The van der Waals surface area contributed by atoms with Gasteiger partial charge in [-0.1, -0.05) is 12.1 Å². The molecule has 0 heterocycles. The van der Waals surface area contributed by atoms with Crippen LogP contribution in [0.3, 0.4) is 0 Å². The van der Waals surface area contributed by atoms with E-state index in [-0.39, 0.29) is 36.1 Å². The Morgan fingerprint density at radius 1 is 0.913 bits per heavy atom. The Balaban J connectivity index is 1.82. The molecule has 120 valence electrons. The summed E-state index contributed by atoms with van der Waals surface area (Å²) in [6.07, 6.45) is 0. The number of benzene rings is 2. The number of nitrogens with one attached hydrogen (secondary N) is 2. The molecule has 0 fully saturated rings. The van der Waals surface area contributed by atoms with Gasteiger partial charge in [0.15, 0.2) is 0 Å². The molecule has 0 aliphatic heterocycles. The highest BCUT2D eigenvalue weighted by atomic mass is 32.1. The van der Waals surface area contributed by atoms with Gasteiger partial charge < -0.3 is 20.8 Å². The fourth-order valence-electron chi connectivity index (χ4n) is 1.94. The van der Waals surface area contributed by atoms with Gasteiger partial charge in [-0.05, 0) is 24.3 Å². The van der Waals surface area contributed by atoms with Crippen LogP contribution in [0.5, 0.6) is 11.5 Å². The molecule has 2 rings (SSSR count). The van der Waals surface area contributed by atoms with E-state index >= 15 is 0 Å². The van der Waals surface area contributed by atoms with Crippen molar-refractivity contribution in [3.8, 4) is 11.5 Å². The lowest BCUT2D eigenvalue weighted by Gasteiger charge is -2.09. The summed E-state index contributed by atoms with van der Waals surface area (Å²) in [4.78, 5) is 24.4. The van der Waals surface area contributed by atoms with Crippen LogP contribution in [0, 0.1) is 0 Å². The highest BCUT2D eigenvalue weighted by Crippen LogP contribution is 2.20. The maximum absolute atomic E-state index is 11.9. The zero-order valence-electron chi connectivity index (χ0n) is 12.1. The van der Waals surface area contributed by atoms with E-state index in [0.29, 0.717) is 10.5 Å². The van der Waals surface area contributed by atoms with Crippen LogP contribution in [-0.2, 0) is 0 Å². The average Bonchev–Trinajstić information content (AvgIpc) is 2.50. The molecule has 0 unspecified atom stereocenters. The molecule has 0 spiro atoms. The lowest BCUT2D eigenvalue weighted by Crippen LogP contribution is -2.34. The molecule has 0 aliphatic carbocycles. The Labute approximate surface area is 138 Å². The smallest absolute Gasteiger partial charge is 0.252 e. The molecular formula is C16H16N2O4S. The third kappa shape index (κ3) is 4.65. The zero-order valence-corrected chi connectivity index (χ0v) is 13.0. The first-order valence-corrected chi connectivity index (χ1v) is 7.29. The van der Waals surface area contributed by atoms with Crippen molar-refractivity contribution in [3.63, 3.8) is 0 Å². The van der Waals surface area contributed by atoms with Crippen molar-refractivity contribution in [2.75, 3.05) is 13.1 Å². The van der Waals surface area contributed by atoms with Crippen molar-refractivity contribution in [2.45, 2.75) is 4.90 Å². The zero-order chi connectivity index (χ0) is 16.8. The second-order valence-electron chi connectivity index (χ2n) is 4.77. The van der Waals surface area contributed by atoms with Gasteiger partial charge in [-0.25, -0.2) is 0 Å². The van der Waals surface area contributed by atoms with Crippen LogP contribution in [0.15, 0.2) is 47.4 Å². The van der Waals surface area contributed by atoms with Gasteiger partial charge in [0.2, 0.25) is 0 Å². The van der Waals surface area contributed by atoms with E-state index in [1.54, 1.807) is 24.3 Å². The third-order valence-corrected chi connectivity index (χ3v) is 3.40. The number of aromatic hydroxyl groups is 2. The number of phenolic OH excluding ortho intramolecular Hbond substituents is 2. The predicted molar refractivity (Wildman–Crippen MR) is 88.1 cm³/mol. The first-order chi connectivity index (χ1) is 11.0. The number of phenols is 2. The Morgan fingerprint density at radius 3 is 2.09 bits per heavy atom. The molecule has 0 saturated heterocycles. The molecule has 0 bridgehead atoms. The highest BCUT2D eigenvalue weighted by Gasteiger charge is 2.10. The summed E-state index contributed by atoms with van der Waals surface area (Å²) in [7, 11) is 0. The van der Waals surface area contributed by atoms with Crippen LogP contribution in [0.1, 0.15) is 20.7 Å². The molecule has 6 nitrogen and oxygen atoms in total. The first-order valence-electron chi connectivity index (χ1n) is 6.85. The van der Waals surface area contributed by atoms with Crippen LogP contribution >= 0.6 is 12.6 Å². The molecule has 0 saturated carbocycles. The van der Waals surface area contributed by atoms with Gasteiger partial charge in [0.1, 0.15) is 11.5 Å². The Kier molecular flexibility index (Phi) is 5.48. The second kappa shape index (κ2) is 7.55. The van der Waals surface area contributed by atoms with Gasteiger partial charge in [-0.2, -0.15) is 0 Å². The average molecular weight is 332 g/mol. The molecule has 0 aliphatic rings. The summed E-state index contributed by atoms with van der Waals surface area (Å²) in [6, 6.07) is 10.5. The van der Waals surface area contributed by atoms with E-state index in [1.807, 2.05) is 0 Å².